The standard InChI is InChI=1S/C15H21N3O2/c1-2-20-11-5-9-16-15(19)8-10-18-14-7-4-3-6-13(14)12-17-18/h3-4,6-7,12H,2,5,8-11H2,1H3,(H,16,19). The van der Waals surface area contributed by atoms with Gasteiger partial charge in [0.05, 0.1) is 18.3 Å². The first-order chi connectivity index (χ1) is 9.81. The van der Waals surface area contributed by atoms with Gasteiger partial charge < -0.3 is 10.1 Å². The number of rotatable bonds is 8. The molecular weight excluding hydrogens is 254 g/mol. The highest BCUT2D eigenvalue weighted by atomic mass is 16.5. The van der Waals surface area contributed by atoms with Crippen LogP contribution in [0.1, 0.15) is 19.8 Å². The number of aromatic nitrogens is 2. The van der Waals surface area contributed by atoms with Crippen molar-refractivity contribution in [3.8, 4) is 0 Å². The molecule has 1 heterocycles. The van der Waals surface area contributed by atoms with Crippen molar-refractivity contribution in [3.05, 3.63) is 30.5 Å². The summed E-state index contributed by atoms with van der Waals surface area (Å²) in [6.45, 7) is 4.65. The molecule has 1 amide bonds. The Kier molecular flexibility index (Phi) is 5.55. The van der Waals surface area contributed by atoms with Gasteiger partial charge in [-0.1, -0.05) is 18.2 Å². The second-order valence-electron chi connectivity index (χ2n) is 4.58. The van der Waals surface area contributed by atoms with Crippen molar-refractivity contribution in [2.45, 2.75) is 26.3 Å². The number of para-hydroxylation sites is 1. The Bertz CT molecular complexity index is 551. The van der Waals surface area contributed by atoms with E-state index >= 15 is 0 Å². The zero-order chi connectivity index (χ0) is 14.2. The summed E-state index contributed by atoms with van der Waals surface area (Å²) in [6, 6.07) is 8.00. The van der Waals surface area contributed by atoms with Crippen LogP contribution >= 0.6 is 0 Å². The van der Waals surface area contributed by atoms with E-state index in [1.165, 1.54) is 0 Å². The molecule has 0 saturated carbocycles. The lowest BCUT2D eigenvalue weighted by Gasteiger charge is -2.06. The van der Waals surface area contributed by atoms with Gasteiger partial charge >= 0.3 is 0 Å². The molecule has 0 aliphatic rings. The van der Waals surface area contributed by atoms with Gasteiger partial charge in [0.25, 0.3) is 0 Å². The van der Waals surface area contributed by atoms with Gasteiger partial charge in [-0.25, -0.2) is 0 Å². The Morgan fingerprint density at radius 3 is 3.10 bits per heavy atom. The smallest absolute Gasteiger partial charge is 0.221 e. The normalized spacial score (nSPS) is 10.8. The molecule has 1 aromatic heterocycles. The first-order valence-electron chi connectivity index (χ1n) is 7.06. The minimum Gasteiger partial charge on any atom is -0.382 e. The average molecular weight is 275 g/mol. The van der Waals surface area contributed by atoms with Crippen LogP contribution in [0.4, 0.5) is 0 Å². The number of hydrogen-bond acceptors (Lipinski definition) is 3. The van der Waals surface area contributed by atoms with Crippen molar-refractivity contribution in [1.82, 2.24) is 15.1 Å². The van der Waals surface area contributed by atoms with Crippen LogP contribution in [0.2, 0.25) is 0 Å². The van der Waals surface area contributed by atoms with Crippen molar-refractivity contribution >= 4 is 16.8 Å². The molecule has 0 unspecified atom stereocenters. The number of nitrogens with zero attached hydrogens (tertiary/aromatic N) is 2. The van der Waals surface area contributed by atoms with Gasteiger partial charge in [0.2, 0.25) is 5.91 Å². The molecule has 0 spiro atoms. The number of amides is 1. The maximum Gasteiger partial charge on any atom is 0.221 e. The number of ether oxygens (including phenoxy) is 1. The predicted octanol–water partition coefficient (Wildman–Crippen LogP) is 1.97. The Morgan fingerprint density at radius 2 is 2.25 bits per heavy atom. The second kappa shape index (κ2) is 7.65. The Labute approximate surface area is 118 Å². The monoisotopic (exact) mass is 275 g/mol. The number of nitrogens with one attached hydrogen (secondary N) is 1. The van der Waals surface area contributed by atoms with Crippen LogP contribution in [0, 0.1) is 0 Å². The topological polar surface area (TPSA) is 56.1 Å². The molecular formula is C15H21N3O2. The third kappa shape index (κ3) is 4.06. The summed E-state index contributed by atoms with van der Waals surface area (Å²) in [5.41, 5.74) is 1.07. The van der Waals surface area contributed by atoms with E-state index in [0.717, 1.165) is 23.9 Å². The Morgan fingerprint density at radius 1 is 1.40 bits per heavy atom. The lowest BCUT2D eigenvalue weighted by Crippen LogP contribution is -2.26. The third-order valence-electron chi connectivity index (χ3n) is 3.09. The molecule has 0 atom stereocenters. The first kappa shape index (κ1) is 14.5. The molecule has 0 saturated heterocycles. The number of carbonyl (C=O) groups is 1. The van der Waals surface area contributed by atoms with Gasteiger partial charge in [0, 0.05) is 31.6 Å². The van der Waals surface area contributed by atoms with E-state index < -0.39 is 0 Å². The van der Waals surface area contributed by atoms with Crippen LogP contribution in [0.5, 0.6) is 0 Å². The van der Waals surface area contributed by atoms with Crippen LogP contribution in [-0.4, -0.2) is 35.4 Å². The third-order valence-corrected chi connectivity index (χ3v) is 3.09. The molecule has 2 rings (SSSR count). The first-order valence-corrected chi connectivity index (χ1v) is 7.06. The summed E-state index contributed by atoms with van der Waals surface area (Å²) >= 11 is 0. The molecule has 0 aliphatic carbocycles. The second-order valence-corrected chi connectivity index (χ2v) is 4.58. The van der Waals surface area contributed by atoms with Gasteiger partial charge in [-0.15, -0.1) is 0 Å². The SMILES string of the molecule is CCOCCCNC(=O)CCn1ncc2ccccc21. The van der Waals surface area contributed by atoms with E-state index in [0.29, 0.717) is 26.1 Å². The zero-order valence-electron chi connectivity index (χ0n) is 11.8. The number of fused-ring (bicyclic) bond motifs is 1. The molecule has 1 aromatic carbocycles. The number of benzene rings is 1. The van der Waals surface area contributed by atoms with Gasteiger partial charge in [-0.2, -0.15) is 5.10 Å². The fourth-order valence-electron chi connectivity index (χ4n) is 2.05. The molecule has 0 fully saturated rings. The molecule has 0 radical (unpaired) electrons. The van der Waals surface area contributed by atoms with Gasteiger partial charge in [0.1, 0.15) is 0 Å². The maximum atomic E-state index is 11.7. The van der Waals surface area contributed by atoms with Gasteiger partial charge in [-0.3, -0.25) is 9.48 Å². The highest BCUT2D eigenvalue weighted by Gasteiger charge is 2.05. The molecule has 5 heteroatoms. The van der Waals surface area contributed by atoms with Crippen LogP contribution < -0.4 is 5.32 Å². The fourth-order valence-corrected chi connectivity index (χ4v) is 2.05. The van der Waals surface area contributed by atoms with Crippen LogP contribution in [-0.2, 0) is 16.1 Å². The van der Waals surface area contributed by atoms with Crippen molar-refractivity contribution in [3.63, 3.8) is 0 Å². The predicted molar refractivity (Wildman–Crippen MR) is 78.5 cm³/mol. The van der Waals surface area contributed by atoms with Crippen molar-refractivity contribution in [2.75, 3.05) is 19.8 Å². The summed E-state index contributed by atoms with van der Waals surface area (Å²) in [5, 5.41) is 8.30. The average Bonchev–Trinajstić information content (AvgIpc) is 2.88. The van der Waals surface area contributed by atoms with E-state index in [4.69, 9.17) is 4.74 Å². The summed E-state index contributed by atoms with van der Waals surface area (Å²) in [4.78, 5) is 11.7. The lowest BCUT2D eigenvalue weighted by molar-refractivity contribution is -0.121. The van der Waals surface area contributed by atoms with Crippen molar-refractivity contribution < 1.29 is 9.53 Å². The van der Waals surface area contributed by atoms with Crippen molar-refractivity contribution in [1.29, 1.82) is 0 Å². The van der Waals surface area contributed by atoms with E-state index in [1.54, 1.807) is 0 Å². The van der Waals surface area contributed by atoms with E-state index in [2.05, 4.69) is 10.4 Å². The number of carbonyl (C=O) groups excluding carboxylic acids is 1. The van der Waals surface area contributed by atoms with E-state index in [9.17, 15) is 4.79 Å². The number of hydrogen-bond donors (Lipinski definition) is 1. The number of aryl methyl sites for hydroxylation is 1. The molecule has 0 aliphatic heterocycles. The lowest BCUT2D eigenvalue weighted by atomic mass is 10.2. The van der Waals surface area contributed by atoms with Gasteiger partial charge in [-0.05, 0) is 19.4 Å². The molecule has 0 bridgehead atoms. The van der Waals surface area contributed by atoms with Crippen LogP contribution in [0.25, 0.3) is 10.9 Å². The molecule has 108 valence electrons. The Balaban J connectivity index is 1.73. The Hall–Kier alpha value is -1.88. The maximum absolute atomic E-state index is 11.7. The molecule has 2 aromatic rings. The highest BCUT2D eigenvalue weighted by Crippen LogP contribution is 2.12. The van der Waals surface area contributed by atoms with Crippen LogP contribution in [0.15, 0.2) is 30.5 Å². The quantitative estimate of drug-likeness (QED) is 0.749. The highest BCUT2D eigenvalue weighted by molar-refractivity contribution is 5.79. The molecule has 20 heavy (non-hydrogen) atoms. The van der Waals surface area contributed by atoms with Crippen molar-refractivity contribution in [2.24, 2.45) is 0 Å². The van der Waals surface area contributed by atoms with Gasteiger partial charge in [0.15, 0.2) is 0 Å². The minimum atomic E-state index is 0.0566. The zero-order valence-corrected chi connectivity index (χ0v) is 11.8. The summed E-state index contributed by atoms with van der Waals surface area (Å²) in [7, 11) is 0. The molecule has 1 N–H and O–H groups in total. The minimum absolute atomic E-state index is 0.0566. The fraction of sp³-hybridized carbons (Fsp3) is 0.467. The summed E-state index contributed by atoms with van der Waals surface area (Å²) in [5.74, 6) is 0.0566. The molecule has 5 nitrogen and oxygen atoms in total. The summed E-state index contributed by atoms with van der Waals surface area (Å²) < 4.78 is 7.09. The summed E-state index contributed by atoms with van der Waals surface area (Å²) in [6.07, 6.45) is 3.12. The van der Waals surface area contributed by atoms with E-state index in [1.807, 2.05) is 42.1 Å². The van der Waals surface area contributed by atoms with E-state index in [-0.39, 0.29) is 5.91 Å². The largest absolute Gasteiger partial charge is 0.382 e. The van der Waals surface area contributed by atoms with Crippen LogP contribution in [0.3, 0.4) is 0 Å².